The Labute approximate surface area is 159 Å². The molecule has 0 aliphatic heterocycles. The zero-order valence-electron chi connectivity index (χ0n) is 14.6. The summed E-state index contributed by atoms with van der Waals surface area (Å²) in [6.45, 7) is 0.660. The van der Waals surface area contributed by atoms with Gasteiger partial charge in [0.1, 0.15) is 0 Å². The van der Waals surface area contributed by atoms with Crippen LogP contribution in [-0.2, 0) is 15.7 Å². The second-order valence-corrected chi connectivity index (χ2v) is 5.57. The zero-order valence-corrected chi connectivity index (χ0v) is 14.6. The van der Waals surface area contributed by atoms with Gasteiger partial charge in [-0.05, 0) is 31.2 Å². The fraction of sp³-hybridized carbons (Fsp3) is 0.294. The molecule has 1 aromatic carbocycles. The Kier molecular flexibility index (Phi) is 6.14. The number of hydrogen-bond acceptors (Lipinski definition) is 5. The van der Waals surface area contributed by atoms with Gasteiger partial charge in [0.15, 0.2) is 5.76 Å². The van der Waals surface area contributed by atoms with E-state index in [2.05, 4.69) is 9.15 Å². The van der Waals surface area contributed by atoms with Gasteiger partial charge >= 0.3 is 24.0 Å². The van der Waals surface area contributed by atoms with Crippen LogP contribution in [0.2, 0.25) is 0 Å². The van der Waals surface area contributed by atoms with Gasteiger partial charge in [-0.1, -0.05) is 12.1 Å². The van der Waals surface area contributed by atoms with Crippen molar-refractivity contribution in [1.29, 1.82) is 0 Å². The van der Waals surface area contributed by atoms with Gasteiger partial charge in [0.2, 0.25) is 0 Å². The lowest BCUT2D eigenvalue weighted by Gasteiger charge is -2.35. The maximum atomic E-state index is 14.0. The number of furan rings is 1. The molecule has 0 bridgehead atoms. The summed E-state index contributed by atoms with van der Waals surface area (Å²) < 4.78 is 90.7. The first kappa shape index (κ1) is 22.1. The van der Waals surface area contributed by atoms with Crippen LogP contribution < -0.4 is 10.6 Å². The molecule has 0 saturated heterocycles. The van der Waals surface area contributed by atoms with Gasteiger partial charge in [-0.2, -0.15) is 26.3 Å². The van der Waals surface area contributed by atoms with E-state index < -0.39 is 53.5 Å². The zero-order chi connectivity index (χ0) is 21.9. The van der Waals surface area contributed by atoms with Crippen LogP contribution in [0.1, 0.15) is 23.0 Å². The number of hydrogen-bond donors (Lipinski definition) is 2. The maximum Gasteiger partial charge on any atom is 0.441 e. The Morgan fingerprint density at radius 2 is 1.69 bits per heavy atom. The monoisotopic (exact) mass is 424 g/mol. The minimum absolute atomic E-state index is 0.517. The molecule has 0 unspecified atom stereocenters. The number of carbonyl (C=O) groups excluding carboxylic acids is 2. The molecule has 0 radical (unpaired) electrons. The van der Waals surface area contributed by atoms with Crippen molar-refractivity contribution in [2.45, 2.75) is 24.9 Å². The van der Waals surface area contributed by atoms with Crippen molar-refractivity contribution >= 4 is 17.6 Å². The lowest BCUT2D eigenvalue weighted by molar-refractivity contribution is -0.204. The predicted octanol–water partition coefficient (Wildman–Crippen LogP) is 3.96. The molecule has 1 aromatic heterocycles. The molecule has 0 saturated carbocycles. The molecule has 1 atom stereocenters. The lowest BCUT2D eigenvalue weighted by Crippen LogP contribution is -2.69. The third kappa shape index (κ3) is 4.63. The van der Waals surface area contributed by atoms with Crippen LogP contribution in [0, 0.1) is 0 Å². The normalized spacial score (nSPS) is 14.0. The molecule has 2 aromatic rings. The Balaban J connectivity index is 2.60. The van der Waals surface area contributed by atoms with Crippen LogP contribution >= 0.6 is 0 Å². The molecule has 0 aliphatic carbocycles. The number of esters is 1. The number of ether oxygens (including phenoxy) is 1. The first-order chi connectivity index (χ1) is 13.4. The van der Waals surface area contributed by atoms with Crippen molar-refractivity contribution in [3.05, 3.63) is 54.0 Å². The Bertz CT molecular complexity index is 864. The van der Waals surface area contributed by atoms with Gasteiger partial charge < -0.3 is 19.8 Å². The molecule has 0 spiro atoms. The predicted molar refractivity (Wildman–Crippen MR) is 86.7 cm³/mol. The van der Waals surface area contributed by atoms with Crippen molar-refractivity contribution in [2.24, 2.45) is 0 Å². The smallest absolute Gasteiger partial charge is 0.441 e. The van der Waals surface area contributed by atoms with Crippen LogP contribution in [0.15, 0.2) is 47.1 Å². The fourth-order valence-corrected chi connectivity index (χ4v) is 2.31. The van der Waals surface area contributed by atoms with Crippen molar-refractivity contribution in [3.63, 3.8) is 0 Å². The summed E-state index contributed by atoms with van der Waals surface area (Å²) in [5.74, 6) is -4.16. The van der Waals surface area contributed by atoms with E-state index in [0.717, 1.165) is 24.5 Å². The largest absolute Gasteiger partial charge is 0.463 e. The molecule has 1 heterocycles. The van der Waals surface area contributed by atoms with Gasteiger partial charge in [-0.15, -0.1) is 0 Å². The van der Waals surface area contributed by atoms with Crippen molar-refractivity contribution in [3.8, 4) is 0 Å². The third-order valence-electron chi connectivity index (χ3n) is 3.61. The second kappa shape index (κ2) is 8.05. The van der Waals surface area contributed by atoms with Gasteiger partial charge in [-0.25, -0.2) is 4.79 Å². The van der Waals surface area contributed by atoms with E-state index in [1.165, 1.54) is 23.6 Å². The van der Waals surface area contributed by atoms with Gasteiger partial charge in [0.25, 0.3) is 5.91 Å². The molecule has 158 valence electrons. The van der Waals surface area contributed by atoms with Crippen molar-refractivity contribution in [2.75, 3.05) is 11.9 Å². The van der Waals surface area contributed by atoms with Gasteiger partial charge in [0, 0.05) is 5.69 Å². The van der Waals surface area contributed by atoms with E-state index in [0.29, 0.717) is 12.1 Å². The van der Waals surface area contributed by atoms with E-state index in [4.69, 9.17) is 0 Å². The number of benzene rings is 1. The average Bonchev–Trinajstić information content (AvgIpc) is 3.14. The summed E-state index contributed by atoms with van der Waals surface area (Å²) >= 11 is 0. The first-order valence-corrected chi connectivity index (χ1v) is 7.96. The van der Waals surface area contributed by atoms with E-state index in [1.54, 1.807) is 0 Å². The van der Waals surface area contributed by atoms with Crippen LogP contribution in [0.4, 0.5) is 32.0 Å². The molecule has 0 fully saturated rings. The first-order valence-electron chi connectivity index (χ1n) is 7.96. The number of halogens is 6. The van der Waals surface area contributed by atoms with E-state index >= 15 is 0 Å². The number of amides is 1. The topological polar surface area (TPSA) is 80.6 Å². The summed E-state index contributed by atoms with van der Waals surface area (Å²) in [7, 11) is 0. The van der Waals surface area contributed by atoms with E-state index in [9.17, 15) is 35.9 Å². The quantitative estimate of drug-likeness (QED) is 0.417. The van der Waals surface area contributed by atoms with E-state index in [-0.39, 0.29) is 0 Å². The minimum Gasteiger partial charge on any atom is -0.463 e. The van der Waals surface area contributed by atoms with Crippen molar-refractivity contribution < 1.29 is 45.1 Å². The molecular formula is C17H14F6N2O4. The van der Waals surface area contributed by atoms with Crippen molar-refractivity contribution in [1.82, 2.24) is 5.32 Å². The van der Waals surface area contributed by atoms with Gasteiger partial charge in [-0.3, -0.25) is 4.79 Å². The number of para-hydroxylation sites is 1. The number of nitrogens with one attached hydrogen (secondary N) is 2. The molecule has 12 heteroatoms. The highest BCUT2D eigenvalue weighted by Gasteiger charge is 2.64. The minimum atomic E-state index is -5.60. The lowest BCUT2D eigenvalue weighted by atomic mass is 10.1. The summed E-state index contributed by atoms with van der Waals surface area (Å²) in [6, 6.07) is 5.38. The molecular weight excluding hydrogens is 410 g/mol. The number of anilines is 1. The molecule has 1 amide bonds. The Hall–Kier alpha value is -3.18. The Morgan fingerprint density at radius 1 is 1.03 bits per heavy atom. The molecule has 2 rings (SSSR count). The van der Waals surface area contributed by atoms with Crippen LogP contribution in [0.3, 0.4) is 0 Å². The summed E-state index contributed by atoms with van der Waals surface area (Å²) in [4.78, 5) is 24.4. The van der Waals surface area contributed by atoms with Crippen LogP contribution in [0.25, 0.3) is 0 Å². The molecule has 0 aliphatic rings. The molecule has 29 heavy (non-hydrogen) atoms. The van der Waals surface area contributed by atoms with Crippen LogP contribution in [-0.4, -0.2) is 30.3 Å². The average molecular weight is 424 g/mol. The number of rotatable bonds is 6. The number of carbonyl (C=O) groups is 2. The maximum absolute atomic E-state index is 14.0. The molecule has 6 nitrogen and oxygen atoms in total. The molecule has 2 N–H and O–H groups in total. The standard InChI is InChI=1S/C17H14F6N2O4/c1-2-28-14(27)15(17(21,22)23,25-13(26)12-8-5-9-29-12)24-11-7-4-3-6-10(11)16(18,19)20/h3-9,24H,2H2,1H3,(H,25,26)/t15-/m1/s1. The Morgan fingerprint density at radius 3 is 2.21 bits per heavy atom. The third-order valence-corrected chi connectivity index (χ3v) is 3.61. The second-order valence-electron chi connectivity index (χ2n) is 5.57. The number of alkyl halides is 6. The van der Waals surface area contributed by atoms with E-state index in [1.807, 2.05) is 0 Å². The van der Waals surface area contributed by atoms with Gasteiger partial charge in [0.05, 0.1) is 18.4 Å². The summed E-state index contributed by atoms with van der Waals surface area (Å²) in [5.41, 5.74) is -6.59. The highest BCUT2D eigenvalue weighted by molar-refractivity contribution is 5.97. The highest BCUT2D eigenvalue weighted by Crippen LogP contribution is 2.39. The summed E-state index contributed by atoms with van der Waals surface area (Å²) in [5, 5.41) is 2.87. The summed E-state index contributed by atoms with van der Waals surface area (Å²) in [6.07, 6.45) is -9.65. The van der Waals surface area contributed by atoms with Crippen LogP contribution in [0.5, 0.6) is 0 Å². The highest BCUT2D eigenvalue weighted by atomic mass is 19.4. The fourth-order valence-electron chi connectivity index (χ4n) is 2.31. The SMILES string of the molecule is CCOC(=O)[C@](NC(=O)c1ccco1)(Nc1ccccc1C(F)(F)F)C(F)(F)F.